The monoisotopic (exact) mass is 732 g/mol. The molecule has 3 aliphatic rings. The number of carbonyl (C=O) groups excluding carboxylic acids is 3. The van der Waals surface area contributed by atoms with Crippen molar-refractivity contribution in [2.75, 3.05) is 37.6 Å². The number of para-hydroxylation sites is 1. The predicted octanol–water partition coefficient (Wildman–Crippen LogP) is -3.76. The molecule has 3 heterocycles. The summed E-state index contributed by atoms with van der Waals surface area (Å²) in [5.74, 6) is -0.736. The summed E-state index contributed by atoms with van der Waals surface area (Å²) >= 11 is 0. The van der Waals surface area contributed by atoms with E-state index in [9.17, 15) is 28.7 Å². The van der Waals surface area contributed by atoms with Crippen LogP contribution in [0.2, 0.25) is 0 Å². The zero-order valence-electron chi connectivity index (χ0n) is 29.1. The number of hydrazine groups is 1. The van der Waals surface area contributed by atoms with E-state index in [1.54, 1.807) is 28.1 Å². The van der Waals surface area contributed by atoms with E-state index in [4.69, 9.17) is 0 Å². The average molecular weight is 733 g/mol. The number of hydrogen-bond donors (Lipinski definition) is 1. The summed E-state index contributed by atoms with van der Waals surface area (Å²) < 4.78 is 15.6. The van der Waals surface area contributed by atoms with Gasteiger partial charge in [-0.25, -0.2) is 14.8 Å². The van der Waals surface area contributed by atoms with E-state index < -0.39 is 26.1 Å². The van der Waals surface area contributed by atoms with E-state index in [1.165, 1.54) is 22.0 Å². The summed E-state index contributed by atoms with van der Waals surface area (Å²) in [4.78, 5) is 70.1. The molecule has 3 aromatic carbocycles. The van der Waals surface area contributed by atoms with Crippen molar-refractivity contribution >= 4 is 31.4 Å². The van der Waals surface area contributed by atoms with Gasteiger partial charge >= 0.3 is 65.1 Å². The van der Waals surface area contributed by atoms with Gasteiger partial charge in [0.05, 0.1) is 13.1 Å². The van der Waals surface area contributed by atoms with Gasteiger partial charge < -0.3 is 38.9 Å². The third-order valence-corrected chi connectivity index (χ3v) is 9.47. The molecule has 3 fully saturated rings. The molecule has 0 aromatic heterocycles. The maximum absolute atomic E-state index is 14.4. The van der Waals surface area contributed by atoms with Gasteiger partial charge in [-0.3, -0.25) is 9.59 Å². The molecule has 3 aliphatic heterocycles. The van der Waals surface area contributed by atoms with Gasteiger partial charge in [-0.1, -0.05) is 66.7 Å². The minimum Gasteiger partial charge on any atom is -0.780 e. The number of nitrogens with zero attached hydrogens (tertiary/aromatic N) is 5. The third-order valence-electron chi connectivity index (χ3n) is 9.03. The number of amides is 4. The number of urea groups is 1. The fraction of sp³-hybridized carbons (Fsp3) is 0.343. The van der Waals surface area contributed by atoms with Crippen LogP contribution >= 0.6 is 7.82 Å². The zero-order valence-corrected chi connectivity index (χ0v) is 34.0. The fourth-order valence-corrected chi connectivity index (χ4v) is 7.23. The van der Waals surface area contributed by atoms with Crippen molar-refractivity contribution in [2.24, 2.45) is 0 Å². The molecule has 51 heavy (non-hydrogen) atoms. The number of rotatable bonds is 11. The molecule has 2 atom stereocenters. The van der Waals surface area contributed by atoms with Gasteiger partial charge in [-0.15, -0.1) is 6.58 Å². The zero-order chi connectivity index (χ0) is 34.5. The van der Waals surface area contributed by atoms with Crippen LogP contribution in [-0.2, 0) is 33.7 Å². The minimum absolute atomic E-state index is 0. The van der Waals surface area contributed by atoms with Gasteiger partial charge in [0.1, 0.15) is 25.8 Å². The molecule has 4 amide bonds. The Morgan fingerprint density at radius 3 is 2.27 bits per heavy atom. The Kier molecular flexibility index (Phi) is 14.8. The van der Waals surface area contributed by atoms with Crippen molar-refractivity contribution in [3.05, 3.63) is 108 Å². The summed E-state index contributed by atoms with van der Waals surface area (Å²) in [5.41, 5.74) is 3.54. The molecule has 1 N–H and O–H groups in total. The largest absolute Gasteiger partial charge is 1.00 e. The van der Waals surface area contributed by atoms with E-state index in [0.717, 1.165) is 42.7 Å². The molecule has 0 unspecified atom stereocenters. The molecule has 3 saturated heterocycles. The van der Waals surface area contributed by atoms with Crippen LogP contribution in [-0.4, -0.2) is 82.6 Å². The number of fused-ring (bicyclic) bond motifs is 1. The fourth-order valence-electron chi connectivity index (χ4n) is 6.85. The average Bonchev–Trinajstić information content (AvgIpc) is 3.62. The van der Waals surface area contributed by atoms with E-state index in [-0.39, 0.29) is 116 Å². The van der Waals surface area contributed by atoms with Gasteiger partial charge in [0, 0.05) is 44.8 Å². The molecular weight excluding hydrogens is 693 g/mol. The smallest absolute Gasteiger partial charge is 0.780 e. The van der Waals surface area contributed by atoms with Crippen LogP contribution in [0.5, 0.6) is 5.75 Å². The Morgan fingerprint density at radius 1 is 0.941 bits per heavy atom. The van der Waals surface area contributed by atoms with Crippen LogP contribution in [0.4, 0.5) is 10.5 Å². The second-order valence-corrected chi connectivity index (χ2v) is 13.4. The maximum atomic E-state index is 14.4. The van der Waals surface area contributed by atoms with Crippen LogP contribution in [0.15, 0.2) is 91.5 Å². The molecule has 16 heteroatoms. The first-order valence-corrected chi connectivity index (χ1v) is 17.8. The number of hydrogen-bond acceptors (Lipinski definition) is 9. The molecule has 0 radical (unpaired) electrons. The topological polar surface area (TPSA) is 152 Å². The Hall–Kier alpha value is -2.68. The number of anilines is 1. The second-order valence-electron chi connectivity index (χ2n) is 12.4. The van der Waals surface area contributed by atoms with Gasteiger partial charge in [-0.05, 0) is 47.7 Å². The Balaban J connectivity index is 0.00000292. The molecule has 0 saturated carbocycles. The van der Waals surface area contributed by atoms with E-state index in [1.807, 2.05) is 48.5 Å². The Labute approximate surface area is 342 Å². The summed E-state index contributed by atoms with van der Waals surface area (Å²) in [6.45, 7) is 6.41. The Bertz CT molecular complexity index is 1720. The molecule has 258 valence electrons. The van der Waals surface area contributed by atoms with Gasteiger partial charge in [0.2, 0.25) is 11.8 Å². The van der Waals surface area contributed by atoms with Crippen molar-refractivity contribution in [1.82, 2.24) is 25.1 Å². The number of piperazine rings is 1. The number of carbonyl (C=O) groups is 3. The van der Waals surface area contributed by atoms with Crippen LogP contribution < -0.4 is 83.6 Å². The molecule has 13 nitrogen and oxygen atoms in total. The van der Waals surface area contributed by atoms with E-state index in [2.05, 4.69) is 27.4 Å². The first-order valence-electron chi connectivity index (χ1n) is 16.3. The van der Waals surface area contributed by atoms with Crippen molar-refractivity contribution in [2.45, 2.75) is 44.6 Å². The summed E-state index contributed by atoms with van der Waals surface area (Å²) in [5, 5.41) is 6.17. The van der Waals surface area contributed by atoms with Crippen molar-refractivity contribution in [3.63, 3.8) is 0 Å². The SMILES string of the molecule is C=CCN1CC(=O)N2[C@@H](Cc3ccc(OP(=O)([O-])[O-])cc3)C(=O)N(Cc3ccccc3N3CCCC3)C[C@@H]2N1C(=O)NCc1ccccc1.[Na+].[Na+]. The van der Waals surface area contributed by atoms with Crippen LogP contribution in [0.1, 0.15) is 29.5 Å². The number of phosphoric acid groups is 1. The van der Waals surface area contributed by atoms with Crippen LogP contribution in [0.25, 0.3) is 0 Å². The summed E-state index contributed by atoms with van der Waals surface area (Å²) in [6.07, 6.45) is 3.07. The number of phosphoric ester groups is 1. The second kappa shape index (κ2) is 18.4. The molecule has 0 bridgehead atoms. The van der Waals surface area contributed by atoms with Gasteiger partial charge in [0.15, 0.2) is 0 Å². The number of nitrogens with one attached hydrogen (secondary N) is 1. The predicted molar refractivity (Wildman–Crippen MR) is 178 cm³/mol. The van der Waals surface area contributed by atoms with Crippen molar-refractivity contribution < 1.29 is 92.4 Å². The molecule has 6 rings (SSSR count). The first-order chi connectivity index (χ1) is 23.6. The quantitative estimate of drug-likeness (QED) is 0.119. The normalized spacial score (nSPS) is 19.2. The molecular formula is C35H39N6Na2O7P. The van der Waals surface area contributed by atoms with Crippen LogP contribution in [0.3, 0.4) is 0 Å². The van der Waals surface area contributed by atoms with Crippen molar-refractivity contribution in [1.29, 1.82) is 0 Å². The van der Waals surface area contributed by atoms with E-state index in [0.29, 0.717) is 5.56 Å². The van der Waals surface area contributed by atoms with E-state index >= 15 is 0 Å². The van der Waals surface area contributed by atoms with Crippen molar-refractivity contribution in [3.8, 4) is 5.75 Å². The van der Waals surface area contributed by atoms with Gasteiger partial charge in [0.25, 0.3) is 0 Å². The third kappa shape index (κ3) is 10.1. The molecule has 0 aliphatic carbocycles. The summed E-state index contributed by atoms with van der Waals surface area (Å²) in [6, 6.07) is 21.9. The maximum Gasteiger partial charge on any atom is 1.00 e. The first kappa shape index (κ1) is 41.1. The molecule has 3 aromatic rings. The standard InChI is InChI=1S/C35H41N6O7P.2Na/c1-2-18-39-25-33(42)40-31(21-26-14-16-29(17-15-26)48-49(45,46)47)34(43)38(23-28-12-6-7-13-30(28)37-19-8-9-20-37)24-32(40)41(39)35(44)36-22-27-10-4-3-5-11-27;;/h2-7,10-17,31-32H,1,8-9,18-25H2,(H,36,44)(H2,45,46,47);;/q;2*+1/p-2/t31-,32-;;/m0../s1. The van der Waals surface area contributed by atoms with Gasteiger partial charge in [-0.2, -0.15) is 0 Å². The molecule has 0 spiro atoms. The summed E-state index contributed by atoms with van der Waals surface area (Å²) in [7, 11) is -5.26. The Morgan fingerprint density at radius 2 is 1.61 bits per heavy atom. The number of benzene rings is 3. The van der Waals surface area contributed by atoms with Crippen LogP contribution in [0, 0.1) is 0 Å². The minimum atomic E-state index is -5.26.